The van der Waals surface area contributed by atoms with Crippen molar-refractivity contribution < 1.29 is 22.4 Å². The smallest absolute Gasteiger partial charge is 0.380 e. The predicted molar refractivity (Wildman–Crippen MR) is 135 cm³/mol. The first kappa shape index (κ1) is 25.7. The topological polar surface area (TPSA) is 57.3 Å². The van der Waals surface area contributed by atoms with E-state index in [0.717, 1.165) is 30.9 Å². The Labute approximate surface area is 217 Å². The van der Waals surface area contributed by atoms with E-state index < -0.39 is 11.9 Å². The summed E-state index contributed by atoms with van der Waals surface area (Å²) in [7, 11) is 0. The summed E-state index contributed by atoms with van der Waals surface area (Å²) >= 11 is 6.15. The Kier molecular flexibility index (Phi) is 6.79. The summed E-state index contributed by atoms with van der Waals surface area (Å²) < 4.78 is 54.3. The summed E-state index contributed by atoms with van der Waals surface area (Å²) in [5.41, 5.74) is 0.132. The lowest BCUT2D eigenvalue weighted by atomic mass is 9.71. The minimum Gasteiger partial charge on any atom is -0.380 e. The van der Waals surface area contributed by atoms with E-state index in [2.05, 4.69) is 15.6 Å². The highest BCUT2D eigenvalue weighted by molar-refractivity contribution is 6.31. The molecular weight excluding hydrogens is 508 g/mol. The molecule has 1 saturated heterocycles. The van der Waals surface area contributed by atoms with Crippen molar-refractivity contribution in [2.75, 3.05) is 18.4 Å². The molecule has 0 radical (unpaired) electrons. The molecule has 1 saturated carbocycles. The van der Waals surface area contributed by atoms with E-state index in [9.17, 15) is 22.4 Å². The van der Waals surface area contributed by atoms with Crippen molar-refractivity contribution in [1.82, 2.24) is 15.2 Å². The van der Waals surface area contributed by atoms with E-state index in [0.29, 0.717) is 29.9 Å². The highest BCUT2D eigenvalue weighted by Gasteiger charge is 2.42. The molecule has 3 aromatic rings. The Morgan fingerprint density at radius 1 is 1.08 bits per heavy atom. The van der Waals surface area contributed by atoms with Gasteiger partial charge in [-0.05, 0) is 67.6 Å². The van der Waals surface area contributed by atoms with Crippen LogP contribution in [0, 0.1) is 5.82 Å². The molecule has 0 unspecified atom stereocenters. The van der Waals surface area contributed by atoms with Crippen LogP contribution in [-0.4, -0.2) is 41.0 Å². The fourth-order valence-corrected chi connectivity index (χ4v) is 5.63. The second-order valence-electron chi connectivity index (χ2n) is 10.00. The second-order valence-corrected chi connectivity index (χ2v) is 10.4. The summed E-state index contributed by atoms with van der Waals surface area (Å²) in [4.78, 5) is 17.9. The van der Waals surface area contributed by atoms with Gasteiger partial charge in [0.15, 0.2) is 0 Å². The summed E-state index contributed by atoms with van der Waals surface area (Å²) in [6, 6.07) is 11.6. The van der Waals surface area contributed by atoms with E-state index in [1.807, 2.05) is 0 Å². The largest absolute Gasteiger partial charge is 0.433 e. The number of anilines is 1. The molecular formula is C27H27ClF4N4O. The van der Waals surface area contributed by atoms with Gasteiger partial charge in [0, 0.05) is 53.7 Å². The van der Waals surface area contributed by atoms with E-state index in [-0.39, 0.29) is 40.6 Å². The van der Waals surface area contributed by atoms with Crippen LogP contribution in [0.25, 0.3) is 10.9 Å². The van der Waals surface area contributed by atoms with Gasteiger partial charge in [0.25, 0.3) is 0 Å². The number of nitrogens with zero attached hydrogens (tertiary/aromatic N) is 2. The highest BCUT2D eigenvalue weighted by Crippen LogP contribution is 2.42. The number of nitrogens with one attached hydrogen (secondary N) is 2. The highest BCUT2D eigenvalue weighted by atomic mass is 35.5. The van der Waals surface area contributed by atoms with Crippen LogP contribution in [0.2, 0.25) is 5.02 Å². The van der Waals surface area contributed by atoms with Crippen LogP contribution < -0.4 is 10.6 Å². The van der Waals surface area contributed by atoms with Crippen molar-refractivity contribution in [2.24, 2.45) is 0 Å². The standard InChI is InChI=1S/C27H27ClF4N4O/c1-16(37)36-14-20(12-21(15-36)35-26(9-2-10-26)17-3-6-19(29)7-4-17)33-24-13-25(27(30,31)32)34-23-8-5-18(28)11-22(23)24/h3-8,11,13,20-21,35H,2,9-10,12,14-15H2,1H3,(H,33,34)/t20-,21+/m1/s1. The average Bonchev–Trinajstić information content (AvgIpc) is 2.81. The van der Waals surface area contributed by atoms with Gasteiger partial charge in [0.2, 0.25) is 5.91 Å². The molecule has 2 N–H and O–H groups in total. The Bertz CT molecular complexity index is 1310. The first-order valence-corrected chi connectivity index (χ1v) is 12.6. The Morgan fingerprint density at radius 3 is 2.41 bits per heavy atom. The molecule has 1 aromatic heterocycles. The maximum Gasteiger partial charge on any atom is 0.433 e. The average molecular weight is 535 g/mol. The summed E-state index contributed by atoms with van der Waals surface area (Å²) in [5, 5.41) is 7.85. The molecule has 1 aliphatic heterocycles. The number of aromatic nitrogens is 1. The van der Waals surface area contributed by atoms with Crippen molar-refractivity contribution in [1.29, 1.82) is 0 Å². The molecule has 0 spiro atoms. The molecule has 5 rings (SSSR count). The maximum absolute atomic E-state index is 13.6. The van der Waals surface area contributed by atoms with E-state index in [4.69, 9.17) is 11.6 Å². The number of carbonyl (C=O) groups excluding carboxylic acids is 1. The Morgan fingerprint density at radius 2 is 1.78 bits per heavy atom. The van der Waals surface area contributed by atoms with Crippen LogP contribution in [0.1, 0.15) is 43.9 Å². The van der Waals surface area contributed by atoms with Crippen LogP contribution in [-0.2, 0) is 16.5 Å². The van der Waals surface area contributed by atoms with E-state index in [1.54, 1.807) is 23.1 Å². The minimum atomic E-state index is -4.61. The van der Waals surface area contributed by atoms with Gasteiger partial charge >= 0.3 is 6.18 Å². The number of benzene rings is 2. The van der Waals surface area contributed by atoms with Gasteiger partial charge in [-0.25, -0.2) is 9.37 Å². The lowest BCUT2D eigenvalue weighted by Crippen LogP contribution is -2.60. The zero-order valence-corrected chi connectivity index (χ0v) is 21.0. The van der Waals surface area contributed by atoms with Gasteiger partial charge in [0.05, 0.1) is 5.52 Å². The van der Waals surface area contributed by atoms with Gasteiger partial charge in [-0.1, -0.05) is 23.7 Å². The predicted octanol–water partition coefficient (Wildman–Crippen LogP) is 6.12. The molecule has 196 valence electrons. The normalized spacial score (nSPS) is 21.5. The SMILES string of the molecule is CC(=O)N1C[C@H](Nc2cc(C(F)(F)F)nc3ccc(Cl)cc23)C[C@H](NC2(c3ccc(F)cc3)CCC2)C1. The molecule has 2 aliphatic rings. The number of amides is 1. The molecule has 0 bridgehead atoms. The number of carbonyl (C=O) groups is 1. The lowest BCUT2D eigenvalue weighted by Gasteiger charge is -2.49. The number of alkyl halides is 3. The minimum absolute atomic E-state index is 0.110. The molecule has 1 aliphatic carbocycles. The molecule has 2 heterocycles. The second kappa shape index (κ2) is 9.76. The van der Waals surface area contributed by atoms with E-state index in [1.165, 1.54) is 31.2 Å². The maximum atomic E-state index is 13.6. The number of pyridine rings is 1. The third-order valence-corrected chi connectivity index (χ3v) is 7.64. The third kappa shape index (κ3) is 5.38. The van der Waals surface area contributed by atoms with E-state index >= 15 is 0 Å². The van der Waals surface area contributed by atoms with Gasteiger partial charge < -0.3 is 15.5 Å². The van der Waals surface area contributed by atoms with Crippen LogP contribution in [0.3, 0.4) is 0 Å². The lowest BCUT2D eigenvalue weighted by molar-refractivity contribution is -0.140. The first-order chi connectivity index (χ1) is 17.5. The number of fused-ring (bicyclic) bond motifs is 1. The summed E-state index contributed by atoms with van der Waals surface area (Å²) in [6.07, 6.45) is -1.23. The van der Waals surface area contributed by atoms with Crippen molar-refractivity contribution in [3.05, 3.63) is 70.6 Å². The van der Waals surface area contributed by atoms with Gasteiger partial charge in [-0.15, -0.1) is 0 Å². The van der Waals surface area contributed by atoms with Gasteiger partial charge in [-0.2, -0.15) is 13.2 Å². The molecule has 2 fully saturated rings. The Balaban J connectivity index is 1.44. The van der Waals surface area contributed by atoms with Crippen molar-refractivity contribution in [3.63, 3.8) is 0 Å². The quantitative estimate of drug-likeness (QED) is 0.387. The fourth-order valence-electron chi connectivity index (χ4n) is 5.45. The summed E-state index contributed by atoms with van der Waals surface area (Å²) in [6.45, 7) is 2.32. The van der Waals surface area contributed by atoms with Crippen LogP contribution >= 0.6 is 11.6 Å². The molecule has 10 heteroatoms. The van der Waals surface area contributed by atoms with Crippen LogP contribution in [0.15, 0.2) is 48.5 Å². The number of piperidine rings is 1. The van der Waals surface area contributed by atoms with Gasteiger partial charge in [-0.3, -0.25) is 4.79 Å². The fraction of sp³-hybridized carbons (Fsp3) is 0.407. The van der Waals surface area contributed by atoms with Gasteiger partial charge in [0.1, 0.15) is 11.5 Å². The van der Waals surface area contributed by atoms with Crippen molar-refractivity contribution in [2.45, 2.75) is 56.4 Å². The zero-order chi connectivity index (χ0) is 26.4. The number of hydrogen-bond acceptors (Lipinski definition) is 4. The number of halogens is 5. The first-order valence-electron chi connectivity index (χ1n) is 12.3. The monoisotopic (exact) mass is 534 g/mol. The van der Waals surface area contributed by atoms with Crippen molar-refractivity contribution in [3.8, 4) is 0 Å². The number of hydrogen-bond donors (Lipinski definition) is 2. The zero-order valence-electron chi connectivity index (χ0n) is 20.2. The molecule has 1 amide bonds. The molecule has 37 heavy (non-hydrogen) atoms. The number of rotatable bonds is 5. The van der Waals surface area contributed by atoms with Crippen LogP contribution in [0.5, 0.6) is 0 Å². The van der Waals surface area contributed by atoms with Crippen molar-refractivity contribution >= 4 is 34.1 Å². The third-order valence-electron chi connectivity index (χ3n) is 7.40. The molecule has 5 nitrogen and oxygen atoms in total. The molecule has 2 atom stereocenters. The molecule has 2 aromatic carbocycles. The van der Waals surface area contributed by atoms with Crippen LogP contribution in [0.4, 0.5) is 23.2 Å². The Hall–Kier alpha value is -2.91. The number of likely N-dealkylation sites (tertiary alicyclic amines) is 1. The summed E-state index contributed by atoms with van der Waals surface area (Å²) in [5.74, 6) is -0.410.